The summed E-state index contributed by atoms with van der Waals surface area (Å²) in [5.41, 5.74) is 2.02. The zero-order valence-electron chi connectivity index (χ0n) is 11.5. The average Bonchev–Trinajstić information content (AvgIpc) is 3.15. The van der Waals surface area contributed by atoms with Crippen LogP contribution in [0.5, 0.6) is 0 Å². The van der Waals surface area contributed by atoms with E-state index in [2.05, 4.69) is 10.1 Å². The molecule has 1 aromatic rings. The molecule has 8 nitrogen and oxygen atoms in total. The quantitative estimate of drug-likeness (QED) is 0.605. The molecule has 0 spiro atoms. The molecule has 0 aromatic carbocycles. The van der Waals surface area contributed by atoms with Gasteiger partial charge in [0.1, 0.15) is 6.61 Å². The molecule has 2 bridgehead atoms. The largest absolute Gasteiger partial charge is 0.473 e. The molecule has 9 heteroatoms. The zero-order chi connectivity index (χ0) is 16.1. The second kappa shape index (κ2) is 7.14. The predicted octanol–water partition coefficient (Wildman–Crippen LogP) is 0.291. The molecule has 1 aromatic heterocycles. The van der Waals surface area contributed by atoms with Crippen molar-refractivity contribution in [1.29, 1.82) is 0 Å². The summed E-state index contributed by atoms with van der Waals surface area (Å²) in [7, 11) is 0. The number of carboxylic acids is 2. The molecule has 22 heavy (non-hydrogen) atoms. The Morgan fingerprint density at radius 1 is 1.36 bits per heavy atom. The summed E-state index contributed by atoms with van der Waals surface area (Å²) in [5, 5.41) is 22.9. The fourth-order valence-corrected chi connectivity index (χ4v) is 2.82. The fourth-order valence-electron chi connectivity index (χ4n) is 2.16. The van der Waals surface area contributed by atoms with Crippen molar-refractivity contribution in [3.05, 3.63) is 22.4 Å². The van der Waals surface area contributed by atoms with E-state index < -0.39 is 11.9 Å². The minimum Gasteiger partial charge on any atom is -0.473 e. The van der Waals surface area contributed by atoms with Gasteiger partial charge < -0.3 is 15.1 Å². The van der Waals surface area contributed by atoms with Gasteiger partial charge in [-0.15, -0.1) is 0 Å². The summed E-state index contributed by atoms with van der Waals surface area (Å²) in [6.07, 6.45) is 0. The molecule has 2 N–H and O–H groups in total. The topological polar surface area (TPSA) is 116 Å². The molecule has 0 saturated carbocycles. The number of Topliss-reactive ketones (excluding diaryl/α,β-unsaturated/α-hetero) is 1. The molecule has 2 unspecified atom stereocenters. The number of piperidine rings is 1. The average molecular weight is 326 g/mol. The second-order valence-corrected chi connectivity index (χ2v) is 5.57. The maximum absolute atomic E-state index is 11.5. The van der Waals surface area contributed by atoms with Gasteiger partial charge in [-0.2, -0.15) is 11.3 Å². The lowest BCUT2D eigenvalue weighted by molar-refractivity contribution is -0.159. The number of hydrogen-bond acceptors (Lipinski definition) is 7. The molecular weight excluding hydrogens is 312 g/mol. The van der Waals surface area contributed by atoms with E-state index in [1.54, 1.807) is 11.3 Å². The maximum Gasteiger partial charge on any atom is 0.414 e. The Kier molecular flexibility index (Phi) is 5.23. The monoisotopic (exact) mass is 326 g/mol. The first-order valence-corrected chi connectivity index (χ1v) is 7.32. The Labute approximate surface area is 129 Å². The molecule has 2 saturated heterocycles. The van der Waals surface area contributed by atoms with E-state index in [0.717, 1.165) is 24.4 Å². The number of rotatable bonds is 3. The molecule has 0 aliphatic carbocycles. The van der Waals surface area contributed by atoms with Crippen molar-refractivity contribution in [3.63, 3.8) is 0 Å². The van der Waals surface area contributed by atoms with Crippen LogP contribution in [0.4, 0.5) is 0 Å². The van der Waals surface area contributed by atoms with Crippen molar-refractivity contribution in [1.82, 2.24) is 4.90 Å². The first kappa shape index (κ1) is 16.1. The van der Waals surface area contributed by atoms with Crippen LogP contribution in [-0.2, 0) is 25.8 Å². The van der Waals surface area contributed by atoms with Gasteiger partial charge in [0.15, 0.2) is 5.78 Å². The molecule has 3 heterocycles. The van der Waals surface area contributed by atoms with Gasteiger partial charge in [0.2, 0.25) is 0 Å². The van der Waals surface area contributed by atoms with Crippen molar-refractivity contribution < 1.29 is 29.4 Å². The van der Waals surface area contributed by atoms with Crippen LogP contribution in [0.2, 0.25) is 0 Å². The first-order chi connectivity index (χ1) is 10.5. The Bertz CT molecular complexity index is 586. The number of nitrogens with zero attached hydrogens (tertiary/aromatic N) is 2. The number of hydrogen-bond donors (Lipinski definition) is 2. The van der Waals surface area contributed by atoms with Gasteiger partial charge in [-0.3, -0.25) is 9.69 Å². The molecular formula is C13H14N2O6S. The van der Waals surface area contributed by atoms with E-state index in [9.17, 15) is 4.79 Å². The highest BCUT2D eigenvalue weighted by atomic mass is 32.1. The van der Waals surface area contributed by atoms with Crippen molar-refractivity contribution >= 4 is 34.8 Å². The van der Waals surface area contributed by atoms with Crippen LogP contribution >= 0.6 is 11.3 Å². The Hall–Kier alpha value is -2.26. The van der Waals surface area contributed by atoms with E-state index >= 15 is 0 Å². The van der Waals surface area contributed by atoms with Crippen LogP contribution in [-0.4, -0.2) is 58.2 Å². The molecule has 118 valence electrons. The van der Waals surface area contributed by atoms with E-state index in [1.807, 2.05) is 16.8 Å². The van der Waals surface area contributed by atoms with E-state index in [1.165, 1.54) is 0 Å². The van der Waals surface area contributed by atoms with Crippen LogP contribution in [0.15, 0.2) is 22.0 Å². The van der Waals surface area contributed by atoms with Crippen molar-refractivity contribution in [2.75, 3.05) is 19.6 Å². The SMILES string of the molecule is O=C(O)C(=O)O.O=C1CN2CC(=NOCc3ccsc3)C1C2. The molecule has 2 fully saturated rings. The fraction of sp³-hybridized carbons (Fsp3) is 0.385. The molecule has 2 aliphatic heterocycles. The first-order valence-electron chi connectivity index (χ1n) is 6.38. The lowest BCUT2D eigenvalue weighted by Crippen LogP contribution is -2.31. The highest BCUT2D eigenvalue weighted by Gasteiger charge is 2.42. The molecule has 3 rings (SSSR count). The number of carbonyl (C=O) groups is 3. The Morgan fingerprint density at radius 2 is 2.09 bits per heavy atom. The summed E-state index contributed by atoms with van der Waals surface area (Å²) in [6.45, 7) is 2.71. The smallest absolute Gasteiger partial charge is 0.414 e. The summed E-state index contributed by atoms with van der Waals surface area (Å²) in [6, 6.07) is 2.01. The Morgan fingerprint density at radius 3 is 2.59 bits per heavy atom. The third-order valence-electron chi connectivity index (χ3n) is 3.17. The van der Waals surface area contributed by atoms with Gasteiger partial charge in [-0.05, 0) is 16.8 Å². The van der Waals surface area contributed by atoms with Crippen LogP contribution in [0, 0.1) is 5.92 Å². The van der Waals surface area contributed by atoms with Gasteiger partial charge >= 0.3 is 11.9 Å². The number of carboxylic acid groups (broad SMARTS) is 2. The standard InChI is InChI=1S/C11H12N2O2S.C2H2O4/c14-11-5-13-3-9(11)10(4-13)12-15-6-8-1-2-16-7-8;3-1(4)2(5)6/h1-2,7,9H,3-6H2;(H,3,4)(H,5,6). The molecule has 2 atom stereocenters. The normalized spacial score (nSPS) is 24.0. The number of thiophene rings is 1. The highest BCUT2D eigenvalue weighted by Crippen LogP contribution is 2.22. The van der Waals surface area contributed by atoms with E-state index in [0.29, 0.717) is 13.2 Å². The lowest BCUT2D eigenvalue weighted by atomic mass is 10.0. The summed E-state index contributed by atoms with van der Waals surface area (Å²) >= 11 is 1.64. The lowest BCUT2D eigenvalue weighted by Gasteiger charge is -2.11. The van der Waals surface area contributed by atoms with Crippen molar-refractivity contribution in [2.24, 2.45) is 11.1 Å². The molecule has 0 amide bonds. The zero-order valence-corrected chi connectivity index (χ0v) is 12.3. The number of carbonyl (C=O) groups excluding carboxylic acids is 1. The maximum atomic E-state index is 11.5. The summed E-state index contributed by atoms with van der Waals surface area (Å²) < 4.78 is 0. The molecule has 2 aliphatic rings. The van der Waals surface area contributed by atoms with E-state index in [4.69, 9.17) is 24.6 Å². The number of aliphatic carboxylic acids is 2. The van der Waals surface area contributed by atoms with Crippen LogP contribution in [0.25, 0.3) is 0 Å². The Balaban J connectivity index is 0.000000254. The van der Waals surface area contributed by atoms with Crippen molar-refractivity contribution in [3.8, 4) is 0 Å². The van der Waals surface area contributed by atoms with Gasteiger partial charge in [0, 0.05) is 18.7 Å². The number of oxime groups is 1. The van der Waals surface area contributed by atoms with Gasteiger partial charge in [-0.1, -0.05) is 5.16 Å². The van der Waals surface area contributed by atoms with Gasteiger partial charge in [0.05, 0.1) is 18.2 Å². The number of ketones is 1. The third-order valence-corrected chi connectivity index (χ3v) is 3.90. The molecule has 0 radical (unpaired) electrons. The van der Waals surface area contributed by atoms with Crippen molar-refractivity contribution in [2.45, 2.75) is 6.61 Å². The van der Waals surface area contributed by atoms with E-state index in [-0.39, 0.29) is 11.7 Å². The minimum atomic E-state index is -1.82. The number of fused-ring (bicyclic) bond motifs is 2. The van der Waals surface area contributed by atoms with Crippen LogP contribution < -0.4 is 0 Å². The predicted molar refractivity (Wildman–Crippen MR) is 76.8 cm³/mol. The summed E-state index contributed by atoms with van der Waals surface area (Å²) in [5.74, 6) is -3.36. The van der Waals surface area contributed by atoms with Gasteiger partial charge in [-0.25, -0.2) is 9.59 Å². The summed E-state index contributed by atoms with van der Waals surface area (Å²) in [4.78, 5) is 37.1. The second-order valence-electron chi connectivity index (χ2n) is 4.79. The highest BCUT2D eigenvalue weighted by molar-refractivity contribution is 7.07. The van der Waals surface area contributed by atoms with Crippen LogP contribution in [0.3, 0.4) is 0 Å². The third kappa shape index (κ3) is 4.12. The van der Waals surface area contributed by atoms with Crippen LogP contribution in [0.1, 0.15) is 5.56 Å². The minimum absolute atomic E-state index is 0.00229. The van der Waals surface area contributed by atoms with Gasteiger partial charge in [0.25, 0.3) is 0 Å².